The van der Waals surface area contributed by atoms with E-state index in [9.17, 15) is 9.18 Å². The molecule has 0 unspecified atom stereocenters. The smallest absolute Gasteiger partial charge is 0.222 e. The number of hydrogen-bond donors (Lipinski definition) is 3. The fraction of sp³-hybridized carbons (Fsp3) is 0.333. The summed E-state index contributed by atoms with van der Waals surface area (Å²) in [5, 5.41) is 9.28. The lowest BCUT2D eigenvalue weighted by Crippen LogP contribution is -2.38. The first-order chi connectivity index (χ1) is 13.2. The minimum atomic E-state index is -0.229. The number of hydrogen-bond acceptors (Lipinski definition) is 2. The van der Waals surface area contributed by atoms with Crippen molar-refractivity contribution in [1.82, 2.24) is 16.0 Å². The number of benzene rings is 2. The highest BCUT2D eigenvalue weighted by molar-refractivity contribution is 14.0. The molecule has 0 aliphatic rings. The van der Waals surface area contributed by atoms with Gasteiger partial charge in [-0.15, -0.1) is 24.0 Å². The van der Waals surface area contributed by atoms with Crippen LogP contribution in [-0.2, 0) is 17.8 Å². The molecule has 0 saturated heterocycles. The summed E-state index contributed by atoms with van der Waals surface area (Å²) >= 11 is 0. The van der Waals surface area contributed by atoms with Crippen molar-refractivity contribution in [2.45, 2.75) is 26.3 Å². The fourth-order valence-corrected chi connectivity index (χ4v) is 2.47. The molecule has 152 valence electrons. The molecule has 0 heterocycles. The van der Waals surface area contributed by atoms with E-state index in [1.165, 1.54) is 12.1 Å². The summed E-state index contributed by atoms with van der Waals surface area (Å²) in [6, 6.07) is 16.3. The standard InChI is InChI=1S/C21H27FN4O.HI/c1-2-23-21(24-14-12-17-8-10-19(22)11-9-17)25-15-13-20(27)26-16-18-6-4-3-5-7-18;/h3-11H,2,12-16H2,1H3,(H,26,27)(H2,23,24,25);1H. The van der Waals surface area contributed by atoms with Crippen LogP contribution in [0.25, 0.3) is 0 Å². The van der Waals surface area contributed by atoms with Gasteiger partial charge in [-0.1, -0.05) is 42.5 Å². The molecule has 0 radical (unpaired) electrons. The highest BCUT2D eigenvalue weighted by atomic mass is 127. The van der Waals surface area contributed by atoms with Crippen LogP contribution in [0.3, 0.4) is 0 Å². The molecule has 0 saturated carbocycles. The summed E-state index contributed by atoms with van der Waals surface area (Å²) < 4.78 is 12.9. The van der Waals surface area contributed by atoms with Crippen LogP contribution in [0.5, 0.6) is 0 Å². The first-order valence-corrected chi connectivity index (χ1v) is 9.24. The Balaban J connectivity index is 0.00000392. The molecular weight excluding hydrogens is 470 g/mol. The van der Waals surface area contributed by atoms with E-state index in [4.69, 9.17) is 0 Å². The van der Waals surface area contributed by atoms with Crippen molar-refractivity contribution < 1.29 is 9.18 Å². The van der Waals surface area contributed by atoms with Crippen molar-refractivity contribution in [3.05, 3.63) is 71.5 Å². The highest BCUT2D eigenvalue weighted by Crippen LogP contribution is 2.02. The molecule has 2 rings (SSSR count). The Bertz CT molecular complexity index is 723. The molecule has 28 heavy (non-hydrogen) atoms. The van der Waals surface area contributed by atoms with Crippen molar-refractivity contribution >= 4 is 35.8 Å². The monoisotopic (exact) mass is 498 g/mol. The molecule has 0 aliphatic heterocycles. The number of carbonyl (C=O) groups excluding carboxylic acids is 1. The number of halogens is 2. The van der Waals surface area contributed by atoms with Crippen molar-refractivity contribution in [2.75, 3.05) is 19.6 Å². The van der Waals surface area contributed by atoms with Crippen molar-refractivity contribution in [3.63, 3.8) is 0 Å². The van der Waals surface area contributed by atoms with Gasteiger partial charge in [0.1, 0.15) is 5.82 Å². The molecule has 1 amide bonds. The van der Waals surface area contributed by atoms with Crippen molar-refractivity contribution in [1.29, 1.82) is 0 Å². The van der Waals surface area contributed by atoms with E-state index >= 15 is 0 Å². The highest BCUT2D eigenvalue weighted by Gasteiger charge is 2.02. The Labute approximate surface area is 183 Å². The number of nitrogens with one attached hydrogen (secondary N) is 3. The summed E-state index contributed by atoms with van der Waals surface area (Å²) in [4.78, 5) is 16.4. The number of guanidine groups is 1. The average molecular weight is 498 g/mol. The Kier molecular flexibility index (Phi) is 11.9. The number of nitrogens with zero attached hydrogens (tertiary/aromatic N) is 1. The zero-order valence-electron chi connectivity index (χ0n) is 16.1. The second kappa shape index (κ2) is 13.9. The van der Waals surface area contributed by atoms with E-state index in [-0.39, 0.29) is 35.7 Å². The second-order valence-electron chi connectivity index (χ2n) is 6.08. The number of rotatable bonds is 9. The lowest BCUT2D eigenvalue weighted by atomic mass is 10.1. The van der Waals surface area contributed by atoms with Crippen LogP contribution in [0.4, 0.5) is 4.39 Å². The molecule has 0 spiro atoms. The van der Waals surface area contributed by atoms with E-state index < -0.39 is 0 Å². The maximum absolute atomic E-state index is 12.9. The van der Waals surface area contributed by atoms with Crippen LogP contribution in [0.1, 0.15) is 24.5 Å². The average Bonchev–Trinajstić information content (AvgIpc) is 2.69. The first kappa shape index (κ1) is 23.9. The zero-order chi connectivity index (χ0) is 19.3. The summed E-state index contributed by atoms with van der Waals surface area (Å²) in [5.74, 6) is 0.424. The van der Waals surface area contributed by atoms with Gasteiger partial charge in [-0.25, -0.2) is 4.39 Å². The minimum Gasteiger partial charge on any atom is -0.357 e. The van der Waals surface area contributed by atoms with Gasteiger partial charge in [-0.05, 0) is 36.6 Å². The molecule has 0 aromatic heterocycles. The third-order valence-electron chi connectivity index (χ3n) is 3.90. The van der Waals surface area contributed by atoms with Gasteiger partial charge in [-0.3, -0.25) is 9.79 Å². The molecule has 2 aromatic rings. The molecule has 0 aliphatic carbocycles. The van der Waals surface area contributed by atoms with E-state index in [2.05, 4.69) is 20.9 Å². The Morgan fingerprint density at radius 3 is 2.36 bits per heavy atom. The molecule has 2 aromatic carbocycles. The van der Waals surface area contributed by atoms with Gasteiger partial charge < -0.3 is 16.0 Å². The molecule has 0 fully saturated rings. The van der Waals surface area contributed by atoms with Gasteiger partial charge in [0.2, 0.25) is 5.91 Å². The van der Waals surface area contributed by atoms with Crippen molar-refractivity contribution in [2.24, 2.45) is 4.99 Å². The van der Waals surface area contributed by atoms with Crippen LogP contribution in [0, 0.1) is 5.82 Å². The van der Waals surface area contributed by atoms with Gasteiger partial charge in [0, 0.05) is 26.1 Å². The molecular formula is C21H28FIN4O. The third-order valence-corrected chi connectivity index (χ3v) is 3.90. The Morgan fingerprint density at radius 2 is 1.68 bits per heavy atom. The van der Waals surface area contributed by atoms with Gasteiger partial charge in [0.25, 0.3) is 0 Å². The first-order valence-electron chi connectivity index (χ1n) is 9.24. The molecule has 0 atom stereocenters. The zero-order valence-corrected chi connectivity index (χ0v) is 18.4. The van der Waals surface area contributed by atoms with Gasteiger partial charge in [0.05, 0.1) is 6.54 Å². The van der Waals surface area contributed by atoms with E-state index in [1.54, 1.807) is 12.1 Å². The van der Waals surface area contributed by atoms with Gasteiger partial charge in [0.15, 0.2) is 5.96 Å². The lowest BCUT2D eigenvalue weighted by Gasteiger charge is -2.11. The minimum absolute atomic E-state index is 0. The maximum atomic E-state index is 12.9. The number of amides is 1. The van der Waals surface area contributed by atoms with Crippen LogP contribution >= 0.6 is 24.0 Å². The van der Waals surface area contributed by atoms with Crippen LogP contribution in [0.15, 0.2) is 59.6 Å². The molecule has 7 heteroatoms. The second-order valence-corrected chi connectivity index (χ2v) is 6.08. The SMILES string of the molecule is CCNC(=NCCC(=O)NCc1ccccc1)NCCc1ccc(F)cc1.I. The maximum Gasteiger partial charge on any atom is 0.222 e. The van der Waals surface area contributed by atoms with Gasteiger partial charge in [-0.2, -0.15) is 0 Å². The largest absolute Gasteiger partial charge is 0.357 e. The van der Waals surface area contributed by atoms with E-state index in [0.717, 1.165) is 24.1 Å². The van der Waals surface area contributed by atoms with Gasteiger partial charge >= 0.3 is 0 Å². The summed E-state index contributed by atoms with van der Waals surface area (Å²) in [6.07, 6.45) is 1.10. The molecule has 3 N–H and O–H groups in total. The van der Waals surface area contributed by atoms with Crippen LogP contribution in [-0.4, -0.2) is 31.5 Å². The fourth-order valence-electron chi connectivity index (χ4n) is 2.47. The predicted octanol–water partition coefficient (Wildman–Crippen LogP) is 3.25. The van der Waals surface area contributed by atoms with Crippen molar-refractivity contribution in [3.8, 4) is 0 Å². The molecule has 0 bridgehead atoms. The van der Waals surface area contributed by atoms with Crippen LogP contribution in [0.2, 0.25) is 0 Å². The summed E-state index contributed by atoms with van der Waals surface area (Å²) in [5.41, 5.74) is 2.13. The number of carbonyl (C=O) groups is 1. The third kappa shape index (κ3) is 9.68. The number of aliphatic imine (C=N–C) groups is 1. The predicted molar refractivity (Wildman–Crippen MR) is 122 cm³/mol. The molecule has 5 nitrogen and oxygen atoms in total. The van der Waals surface area contributed by atoms with Crippen LogP contribution < -0.4 is 16.0 Å². The Hall–Kier alpha value is -2.16. The lowest BCUT2D eigenvalue weighted by molar-refractivity contribution is -0.121. The summed E-state index contributed by atoms with van der Waals surface area (Å²) in [7, 11) is 0. The quantitative estimate of drug-likeness (QED) is 0.283. The Morgan fingerprint density at radius 1 is 0.964 bits per heavy atom. The topological polar surface area (TPSA) is 65.5 Å². The summed E-state index contributed by atoms with van der Waals surface area (Å²) in [6.45, 7) is 4.34. The van der Waals surface area contributed by atoms with E-state index in [0.29, 0.717) is 32.0 Å². The normalized spacial score (nSPS) is 10.7. The van der Waals surface area contributed by atoms with E-state index in [1.807, 2.05) is 37.3 Å².